The summed E-state index contributed by atoms with van der Waals surface area (Å²) in [7, 11) is 0. The monoisotopic (exact) mass is 345 g/mol. The van der Waals surface area contributed by atoms with Crippen LogP contribution in [0.4, 0.5) is 5.69 Å². The third kappa shape index (κ3) is 3.98. The van der Waals surface area contributed by atoms with E-state index in [0.29, 0.717) is 18.7 Å². The molecule has 6 nitrogen and oxygen atoms in total. The molecule has 1 aliphatic heterocycles. The maximum Gasteiger partial charge on any atom is 0.273 e. The van der Waals surface area contributed by atoms with Crippen LogP contribution in [0.15, 0.2) is 41.8 Å². The Kier molecular flexibility index (Phi) is 5.22. The molecule has 3 rings (SSSR count). The summed E-state index contributed by atoms with van der Waals surface area (Å²) in [6.07, 6.45) is 0.0854. The predicted molar refractivity (Wildman–Crippen MR) is 93.0 cm³/mol. The number of benzene rings is 1. The van der Waals surface area contributed by atoms with E-state index >= 15 is 0 Å². The Labute approximate surface area is 144 Å². The van der Waals surface area contributed by atoms with Crippen LogP contribution in [0, 0.1) is 10.1 Å². The van der Waals surface area contributed by atoms with Crippen molar-refractivity contribution in [2.24, 2.45) is 0 Å². The molecule has 0 N–H and O–H groups in total. The van der Waals surface area contributed by atoms with E-state index in [1.165, 1.54) is 10.9 Å². The van der Waals surface area contributed by atoms with E-state index in [0.717, 1.165) is 19.6 Å². The number of piperazine rings is 1. The van der Waals surface area contributed by atoms with Crippen LogP contribution >= 0.6 is 11.3 Å². The van der Waals surface area contributed by atoms with Gasteiger partial charge in [0.1, 0.15) is 0 Å². The number of nitro groups is 1. The summed E-state index contributed by atoms with van der Waals surface area (Å²) in [6, 6.07) is 10.6. The van der Waals surface area contributed by atoms with Crippen LogP contribution < -0.4 is 0 Å². The second-order valence-corrected chi connectivity index (χ2v) is 6.83. The van der Waals surface area contributed by atoms with Gasteiger partial charge in [0.15, 0.2) is 0 Å². The Hall–Kier alpha value is -2.25. The van der Waals surface area contributed by atoms with E-state index in [1.807, 2.05) is 11.0 Å². The van der Waals surface area contributed by atoms with E-state index in [9.17, 15) is 14.9 Å². The van der Waals surface area contributed by atoms with Gasteiger partial charge in [0, 0.05) is 49.2 Å². The highest BCUT2D eigenvalue weighted by Gasteiger charge is 2.23. The van der Waals surface area contributed by atoms with Crippen LogP contribution in [0.2, 0.25) is 0 Å². The number of nitrogens with zero attached hydrogens (tertiary/aromatic N) is 3. The molecule has 0 saturated carbocycles. The van der Waals surface area contributed by atoms with Gasteiger partial charge in [0.05, 0.1) is 11.3 Å². The molecule has 1 aliphatic rings. The smallest absolute Gasteiger partial charge is 0.273 e. The number of carbonyl (C=O) groups excluding carboxylic acids is 1. The fourth-order valence-electron chi connectivity index (χ4n) is 2.89. The zero-order valence-electron chi connectivity index (χ0n) is 13.3. The minimum atomic E-state index is -0.429. The molecule has 1 saturated heterocycles. The molecular weight excluding hydrogens is 326 g/mol. The number of amides is 1. The normalized spacial score (nSPS) is 15.4. The Morgan fingerprint density at radius 2 is 1.88 bits per heavy atom. The summed E-state index contributed by atoms with van der Waals surface area (Å²) in [5.74, 6) is -0.0416. The quantitative estimate of drug-likeness (QED) is 0.617. The van der Waals surface area contributed by atoms with Gasteiger partial charge < -0.3 is 4.90 Å². The average molecular weight is 345 g/mol. The lowest BCUT2D eigenvalue weighted by molar-refractivity contribution is -0.385. The van der Waals surface area contributed by atoms with Gasteiger partial charge in [-0.25, -0.2) is 0 Å². The fraction of sp³-hybridized carbons (Fsp3) is 0.353. The highest BCUT2D eigenvalue weighted by atomic mass is 32.1. The zero-order chi connectivity index (χ0) is 16.9. The van der Waals surface area contributed by atoms with Gasteiger partial charge in [-0.2, -0.15) is 0 Å². The van der Waals surface area contributed by atoms with E-state index in [1.54, 1.807) is 29.5 Å². The van der Waals surface area contributed by atoms with Crippen molar-refractivity contribution in [2.45, 2.75) is 13.0 Å². The second-order valence-electron chi connectivity index (χ2n) is 5.80. The highest BCUT2D eigenvalue weighted by Crippen LogP contribution is 2.19. The lowest BCUT2D eigenvalue weighted by Gasteiger charge is -2.34. The molecule has 7 heteroatoms. The molecule has 0 aliphatic carbocycles. The van der Waals surface area contributed by atoms with E-state index in [4.69, 9.17) is 0 Å². The highest BCUT2D eigenvalue weighted by molar-refractivity contribution is 7.09. The number of para-hydroxylation sites is 1. The largest absolute Gasteiger partial charge is 0.340 e. The minimum Gasteiger partial charge on any atom is -0.340 e. The summed E-state index contributed by atoms with van der Waals surface area (Å²) in [6.45, 7) is 3.93. The van der Waals surface area contributed by atoms with Crippen molar-refractivity contribution >= 4 is 22.9 Å². The molecule has 126 valence electrons. The van der Waals surface area contributed by atoms with Crippen molar-refractivity contribution in [3.8, 4) is 0 Å². The van der Waals surface area contributed by atoms with Crippen LogP contribution in [-0.4, -0.2) is 46.8 Å². The Bertz CT molecular complexity index is 710. The van der Waals surface area contributed by atoms with Crippen LogP contribution in [-0.2, 0) is 17.8 Å². The molecule has 1 fully saturated rings. The van der Waals surface area contributed by atoms with Crippen LogP contribution in [0.1, 0.15) is 10.4 Å². The molecule has 0 radical (unpaired) electrons. The lowest BCUT2D eigenvalue weighted by atomic mass is 10.1. The van der Waals surface area contributed by atoms with Gasteiger partial charge in [-0.05, 0) is 11.4 Å². The minimum absolute atomic E-state index is 0.0159. The van der Waals surface area contributed by atoms with Crippen molar-refractivity contribution in [3.05, 3.63) is 62.3 Å². The molecule has 2 aromatic rings. The molecule has 1 aromatic heterocycles. The molecule has 0 spiro atoms. The number of carbonyl (C=O) groups is 1. The number of thiophene rings is 1. The first-order valence-corrected chi connectivity index (χ1v) is 8.76. The van der Waals surface area contributed by atoms with Gasteiger partial charge in [-0.15, -0.1) is 11.3 Å². The fourth-order valence-corrected chi connectivity index (χ4v) is 3.64. The maximum absolute atomic E-state index is 12.5. The standard InChI is InChI=1S/C17H19N3O3S/c21-17(12-14-4-1-2-6-16(14)20(22)23)19-9-7-18(8-10-19)13-15-5-3-11-24-15/h1-6,11H,7-10,12-13H2. The third-order valence-electron chi connectivity index (χ3n) is 4.21. The molecule has 24 heavy (non-hydrogen) atoms. The first kappa shape index (κ1) is 16.6. The van der Waals surface area contributed by atoms with Crippen LogP contribution in [0.25, 0.3) is 0 Å². The first-order valence-electron chi connectivity index (χ1n) is 7.88. The first-order chi connectivity index (χ1) is 11.6. The van der Waals surface area contributed by atoms with Gasteiger partial charge in [0.2, 0.25) is 5.91 Å². The Morgan fingerprint density at radius 3 is 2.54 bits per heavy atom. The third-order valence-corrected chi connectivity index (χ3v) is 5.08. The second kappa shape index (κ2) is 7.55. The molecule has 0 atom stereocenters. The SMILES string of the molecule is O=C(Cc1ccccc1[N+](=O)[O-])N1CCN(Cc2cccs2)CC1. The zero-order valence-corrected chi connectivity index (χ0v) is 14.1. The Morgan fingerprint density at radius 1 is 1.12 bits per heavy atom. The van der Waals surface area contributed by atoms with Crippen molar-refractivity contribution < 1.29 is 9.72 Å². The summed E-state index contributed by atoms with van der Waals surface area (Å²) >= 11 is 1.74. The summed E-state index contributed by atoms with van der Waals surface area (Å²) in [5, 5.41) is 13.1. The lowest BCUT2D eigenvalue weighted by Crippen LogP contribution is -2.48. The van der Waals surface area contributed by atoms with Gasteiger partial charge in [-0.3, -0.25) is 19.8 Å². The van der Waals surface area contributed by atoms with Crippen molar-refractivity contribution in [1.82, 2.24) is 9.80 Å². The molecule has 0 unspecified atom stereocenters. The molecule has 1 aromatic carbocycles. The van der Waals surface area contributed by atoms with Gasteiger partial charge in [-0.1, -0.05) is 24.3 Å². The molecule has 2 heterocycles. The number of nitro benzene ring substituents is 1. The molecular formula is C17H19N3O3S. The van der Waals surface area contributed by atoms with Crippen molar-refractivity contribution in [3.63, 3.8) is 0 Å². The van der Waals surface area contributed by atoms with Crippen LogP contribution in [0.5, 0.6) is 0 Å². The molecule has 0 bridgehead atoms. The number of rotatable bonds is 5. The van der Waals surface area contributed by atoms with E-state index in [2.05, 4.69) is 16.3 Å². The Balaban J connectivity index is 1.55. The maximum atomic E-state index is 12.5. The molecule has 1 amide bonds. The number of hydrogen-bond donors (Lipinski definition) is 0. The average Bonchev–Trinajstić information content (AvgIpc) is 3.09. The predicted octanol–water partition coefficient (Wildman–Crippen LogP) is 2.54. The van der Waals surface area contributed by atoms with E-state index in [-0.39, 0.29) is 18.0 Å². The number of hydrogen-bond acceptors (Lipinski definition) is 5. The van der Waals surface area contributed by atoms with Gasteiger partial charge in [0.25, 0.3) is 5.69 Å². The van der Waals surface area contributed by atoms with Gasteiger partial charge >= 0.3 is 0 Å². The topological polar surface area (TPSA) is 66.7 Å². The van der Waals surface area contributed by atoms with E-state index < -0.39 is 4.92 Å². The van der Waals surface area contributed by atoms with Crippen LogP contribution in [0.3, 0.4) is 0 Å². The van der Waals surface area contributed by atoms with Crippen molar-refractivity contribution in [2.75, 3.05) is 26.2 Å². The summed E-state index contributed by atoms with van der Waals surface area (Å²) < 4.78 is 0. The van der Waals surface area contributed by atoms with Crippen molar-refractivity contribution in [1.29, 1.82) is 0 Å². The summed E-state index contributed by atoms with van der Waals surface area (Å²) in [4.78, 5) is 28.5. The summed E-state index contributed by atoms with van der Waals surface area (Å²) in [5.41, 5.74) is 0.496.